The van der Waals surface area contributed by atoms with Crippen molar-refractivity contribution in [1.82, 2.24) is 0 Å². The van der Waals surface area contributed by atoms with Crippen molar-refractivity contribution < 1.29 is 0 Å². The van der Waals surface area contributed by atoms with Crippen LogP contribution in [0.3, 0.4) is 0 Å². The normalized spacial score (nSPS) is 16.1. The van der Waals surface area contributed by atoms with Gasteiger partial charge in [0.1, 0.15) is 0 Å². The van der Waals surface area contributed by atoms with Gasteiger partial charge in [0.05, 0.1) is 0 Å². The standard InChI is InChI=1S/C62H72Si/c1-37(2)45-27-46(38(3)4)30-49(29-45)61-51(43-19-15-13-16-20-43)23-25-53-57(61)33-55(41(9)10)59(53)35-63-36-60-54-26-24-52(44-21-17-14-18-22-44)62(58(54)34-56(60)42(11)12)50-31-47(39(5)6)28-48(32-50)40(7)8/h13-34,37-42,59-60H,35-36,63H2,1-12H3. The predicted octanol–water partition coefficient (Wildman–Crippen LogP) is 17.8. The van der Waals surface area contributed by atoms with Crippen molar-refractivity contribution in [2.24, 2.45) is 11.8 Å². The summed E-state index contributed by atoms with van der Waals surface area (Å²) in [5, 5.41) is 0. The van der Waals surface area contributed by atoms with Gasteiger partial charge in [0.15, 0.2) is 0 Å². The van der Waals surface area contributed by atoms with E-state index in [9.17, 15) is 0 Å². The first-order valence-electron chi connectivity index (χ1n) is 24.4. The Morgan fingerprint density at radius 2 is 0.698 bits per heavy atom. The zero-order valence-corrected chi connectivity index (χ0v) is 41.9. The molecule has 0 bridgehead atoms. The third-order valence-electron chi connectivity index (χ3n) is 14.4. The third-order valence-corrected chi connectivity index (χ3v) is 16.4. The first-order chi connectivity index (χ1) is 30.2. The lowest BCUT2D eigenvalue weighted by molar-refractivity contribution is 0.686. The van der Waals surface area contributed by atoms with Crippen molar-refractivity contribution in [3.05, 3.63) is 177 Å². The van der Waals surface area contributed by atoms with Gasteiger partial charge >= 0.3 is 0 Å². The van der Waals surface area contributed by atoms with Gasteiger partial charge in [-0.05, 0) is 125 Å². The molecule has 0 nitrogen and oxygen atoms in total. The number of hydrogen-bond donors (Lipinski definition) is 0. The molecule has 2 aliphatic carbocycles. The molecule has 0 aliphatic heterocycles. The first kappa shape index (κ1) is 44.6. The Morgan fingerprint density at radius 3 is 1.00 bits per heavy atom. The van der Waals surface area contributed by atoms with Gasteiger partial charge in [-0.15, -0.1) is 0 Å². The van der Waals surface area contributed by atoms with E-state index >= 15 is 0 Å². The quantitative estimate of drug-likeness (QED) is 0.0958. The minimum atomic E-state index is -0.476. The monoisotopic (exact) mass is 845 g/mol. The van der Waals surface area contributed by atoms with Gasteiger partial charge in [-0.25, -0.2) is 0 Å². The summed E-state index contributed by atoms with van der Waals surface area (Å²) in [5.41, 5.74) is 25.9. The smallest absolute Gasteiger partial charge is 0.0218 e. The van der Waals surface area contributed by atoms with Crippen LogP contribution in [-0.2, 0) is 0 Å². The highest BCUT2D eigenvalue weighted by molar-refractivity contribution is 6.36. The van der Waals surface area contributed by atoms with E-state index in [0.29, 0.717) is 47.3 Å². The predicted molar refractivity (Wildman–Crippen MR) is 280 cm³/mol. The highest BCUT2D eigenvalue weighted by Gasteiger charge is 2.34. The van der Waals surface area contributed by atoms with Gasteiger partial charge in [-0.3, -0.25) is 0 Å². The van der Waals surface area contributed by atoms with Gasteiger partial charge in [0.2, 0.25) is 0 Å². The van der Waals surface area contributed by atoms with Crippen LogP contribution in [0.15, 0.2) is 132 Å². The van der Waals surface area contributed by atoms with E-state index in [-0.39, 0.29) is 0 Å². The molecule has 6 aromatic carbocycles. The molecule has 0 aromatic heterocycles. The molecule has 324 valence electrons. The summed E-state index contributed by atoms with van der Waals surface area (Å²) >= 11 is 0. The lowest BCUT2D eigenvalue weighted by Crippen LogP contribution is -2.11. The zero-order chi connectivity index (χ0) is 44.7. The molecule has 63 heavy (non-hydrogen) atoms. The Hall–Kier alpha value is -4.98. The second-order valence-corrected chi connectivity index (χ2v) is 22.6. The maximum absolute atomic E-state index is 2.64. The Labute approximate surface area is 383 Å². The summed E-state index contributed by atoms with van der Waals surface area (Å²) in [4.78, 5) is 0. The number of fused-ring (bicyclic) bond motifs is 2. The molecule has 8 rings (SSSR count). The Balaban J connectivity index is 1.20. The molecule has 0 amide bonds. The van der Waals surface area contributed by atoms with Crippen molar-refractivity contribution in [2.45, 2.75) is 131 Å². The fourth-order valence-electron chi connectivity index (χ4n) is 10.7. The fourth-order valence-corrected chi connectivity index (χ4v) is 13.0. The summed E-state index contributed by atoms with van der Waals surface area (Å²) in [6.45, 7) is 28.4. The van der Waals surface area contributed by atoms with Crippen molar-refractivity contribution in [2.75, 3.05) is 0 Å². The maximum atomic E-state index is 2.64. The molecule has 2 aliphatic rings. The van der Waals surface area contributed by atoms with Crippen molar-refractivity contribution in [3.63, 3.8) is 0 Å². The average molecular weight is 845 g/mol. The third kappa shape index (κ3) is 8.93. The molecule has 0 spiro atoms. The molecule has 0 heterocycles. The van der Waals surface area contributed by atoms with Crippen LogP contribution in [0.5, 0.6) is 0 Å². The molecule has 0 radical (unpaired) electrons. The van der Waals surface area contributed by atoms with Crippen molar-refractivity contribution in [3.8, 4) is 44.5 Å². The van der Waals surface area contributed by atoms with Gasteiger partial charge < -0.3 is 0 Å². The minimum absolute atomic E-state index is 0.467. The highest BCUT2D eigenvalue weighted by Crippen LogP contribution is 2.52. The van der Waals surface area contributed by atoms with E-state index in [4.69, 9.17) is 0 Å². The Kier molecular flexibility index (Phi) is 13.2. The fraction of sp³-hybridized carbons (Fsp3) is 0.355. The molecular weight excluding hydrogens is 773 g/mol. The van der Waals surface area contributed by atoms with Gasteiger partial charge in [-0.1, -0.05) is 240 Å². The Morgan fingerprint density at radius 1 is 0.365 bits per heavy atom. The lowest BCUT2D eigenvalue weighted by atomic mass is 9.84. The molecule has 1 heteroatoms. The van der Waals surface area contributed by atoms with Crippen molar-refractivity contribution in [1.29, 1.82) is 0 Å². The highest BCUT2D eigenvalue weighted by atomic mass is 28.2. The largest absolute Gasteiger partial charge is 0.0622 e. The number of benzene rings is 6. The Bertz CT molecular complexity index is 2410. The number of hydrogen-bond acceptors (Lipinski definition) is 0. The van der Waals surface area contributed by atoms with Crippen LogP contribution in [0.4, 0.5) is 0 Å². The second kappa shape index (κ2) is 18.6. The number of rotatable bonds is 14. The summed E-state index contributed by atoms with van der Waals surface area (Å²) < 4.78 is 0. The number of allylic oxidation sites excluding steroid dienone is 2. The van der Waals surface area contributed by atoms with E-state index in [1.807, 2.05) is 0 Å². The van der Waals surface area contributed by atoms with Crippen LogP contribution < -0.4 is 0 Å². The van der Waals surface area contributed by atoms with Crippen LogP contribution in [0, 0.1) is 11.8 Å². The summed E-state index contributed by atoms with van der Waals surface area (Å²) in [6, 6.07) is 49.7. The van der Waals surface area contributed by atoms with Gasteiger partial charge in [0, 0.05) is 21.4 Å². The minimum Gasteiger partial charge on any atom is -0.0622 e. The molecule has 2 unspecified atom stereocenters. The molecule has 6 aromatic rings. The van der Waals surface area contributed by atoms with Crippen molar-refractivity contribution >= 4 is 21.7 Å². The van der Waals surface area contributed by atoms with E-state index in [1.54, 1.807) is 22.3 Å². The summed E-state index contributed by atoms with van der Waals surface area (Å²) in [6.07, 6.45) is 5.27. The summed E-state index contributed by atoms with van der Waals surface area (Å²) in [7, 11) is -0.476. The molecular formula is C62H72Si. The van der Waals surface area contributed by atoms with E-state index in [0.717, 1.165) is 0 Å². The molecule has 0 saturated carbocycles. The van der Waals surface area contributed by atoms with E-state index < -0.39 is 9.52 Å². The second-order valence-electron chi connectivity index (χ2n) is 20.7. The van der Waals surface area contributed by atoms with Gasteiger partial charge in [-0.2, -0.15) is 0 Å². The lowest BCUT2D eigenvalue weighted by Gasteiger charge is -2.24. The van der Waals surface area contributed by atoms with E-state index in [2.05, 4.69) is 217 Å². The van der Waals surface area contributed by atoms with E-state index in [1.165, 1.54) is 90.0 Å². The van der Waals surface area contributed by atoms with Crippen LogP contribution in [0.2, 0.25) is 12.1 Å². The topological polar surface area (TPSA) is 0 Å². The van der Waals surface area contributed by atoms with Crippen LogP contribution in [-0.4, -0.2) is 9.52 Å². The molecule has 2 atom stereocenters. The van der Waals surface area contributed by atoms with Crippen LogP contribution >= 0.6 is 0 Å². The zero-order valence-electron chi connectivity index (χ0n) is 40.4. The summed E-state index contributed by atoms with van der Waals surface area (Å²) in [5.74, 6) is 3.81. The SMILES string of the molecule is CC(C)C1=Cc2c(ccc(-c3ccccc3)c2-c2cc(C(C)C)cc(C(C)C)c2)C1C[SiH2]CC1C(C(C)C)=Cc2c1ccc(-c1ccccc1)c2-c1cc(C(C)C)cc(C(C)C)c1. The molecule has 0 fully saturated rings. The van der Waals surface area contributed by atoms with Crippen LogP contribution in [0.25, 0.3) is 56.7 Å². The first-order valence-corrected chi connectivity index (χ1v) is 26.4. The van der Waals surface area contributed by atoms with Gasteiger partial charge in [0.25, 0.3) is 0 Å². The maximum Gasteiger partial charge on any atom is 0.0218 e. The molecule has 0 N–H and O–H groups in total. The van der Waals surface area contributed by atoms with Crippen LogP contribution in [0.1, 0.15) is 163 Å². The molecule has 0 saturated heterocycles. The average Bonchev–Trinajstić information content (AvgIpc) is 3.84.